The molecule has 5 heteroatoms. The summed E-state index contributed by atoms with van der Waals surface area (Å²) in [5.41, 5.74) is 0.168. The van der Waals surface area contributed by atoms with Crippen LogP contribution in [-0.4, -0.2) is 30.4 Å². The maximum atomic E-state index is 11.0. The van der Waals surface area contributed by atoms with E-state index in [1.165, 1.54) is 12.1 Å². The van der Waals surface area contributed by atoms with Crippen molar-refractivity contribution in [2.24, 2.45) is 0 Å². The molecule has 1 atom stereocenters. The van der Waals surface area contributed by atoms with Gasteiger partial charge in [0.25, 0.3) is 0 Å². The van der Waals surface area contributed by atoms with E-state index in [1.807, 2.05) is 30.3 Å². The number of hydrogen-bond donors (Lipinski definition) is 1. The first-order valence-corrected chi connectivity index (χ1v) is 6.57. The summed E-state index contributed by atoms with van der Waals surface area (Å²) in [6.07, 6.45) is -0.276. The van der Waals surface area contributed by atoms with E-state index in [4.69, 9.17) is 19.3 Å². The first-order valence-electron chi connectivity index (χ1n) is 6.57. The summed E-state index contributed by atoms with van der Waals surface area (Å²) in [7, 11) is 0. The minimum Gasteiger partial charge on any atom is -0.490 e. The van der Waals surface area contributed by atoms with Gasteiger partial charge >= 0.3 is 5.97 Å². The van der Waals surface area contributed by atoms with Crippen molar-refractivity contribution >= 4 is 5.97 Å². The normalized spacial score (nSPS) is 16.3. The molecule has 0 radical (unpaired) electrons. The molecule has 0 spiro atoms. The number of carbonyl (C=O) groups is 1. The summed E-state index contributed by atoms with van der Waals surface area (Å²) in [4.78, 5) is 11.0. The van der Waals surface area contributed by atoms with Gasteiger partial charge in [0, 0.05) is 0 Å². The van der Waals surface area contributed by atoms with E-state index in [0.717, 1.165) is 5.75 Å². The average molecular weight is 286 g/mol. The van der Waals surface area contributed by atoms with Gasteiger partial charge in [-0.15, -0.1) is 0 Å². The minimum absolute atomic E-state index is 0.168. The van der Waals surface area contributed by atoms with Gasteiger partial charge in [-0.3, -0.25) is 0 Å². The van der Waals surface area contributed by atoms with Crippen LogP contribution in [0.25, 0.3) is 0 Å². The number of ether oxygens (including phenoxy) is 3. The van der Waals surface area contributed by atoms with E-state index in [0.29, 0.717) is 24.7 Å². The molecule has 1 N–H and O–H groups in total. The van der Waals surface area contributed by atoms with Crippen LogP contribution in [0.4, 0.5) is 0 Å². The van der Waals surface area contributed by atoms with Gasteiger partial charge in [-0.2, -0.15) is 0 Å². The Kier molecular flexibility index (Phi) is 3.64. The van der Waals surface area contributed by atoms with Crippen LogP contribution in [0.15, 0.2) is 48.5 Å². The third-order valence-electron chi connectivity index (χ3n) is 3.09. The topological polar surface area (TPSA) is 65.0 Å². The van der Waals surface area contributed by atoms with E-state index in [2.05, 4.69) is 0 Å². The van der Waals surface area contributed by atoms with E-state index >= 15 is 0 Å². The summed E-state index contributed by atoms with van der Waals surface area (Å²) in [5.74, 6) is 0.744. The summed E-state index contributed by atoms with van der Waals surface area (Å²) in [5, 5.41) is 8.98. The summed E-state index contributed by atoms with van der Waals surface area (Å²) >= 11 is 0. The minimum atomic E-state index is -0.996. The zero-order chi connectivity index (χ0) is 14.7. The fourth-order valence-corrected chi connectivity index (χ4v) is 2.04. The molecule has 0 saturated heterocycles. The molecule has 0 aromatic heterocycles. The quantitative estimate of drug-likeness (QED) is 0.936. The van der Waals surface area contributed by atoms with Gasteiger partial charge in [0.1, 0.15) is 19.0 Å². The highest BCUT2D eigenvalue weighted by atomic mass is 16.6. The van der Waals surface area contributed by atoms with Gasteiger partial charge in [-0.05, 0) is 30.3 Å². The van der Waals surface area contributed by atoms with Gasteiger partial charge in [0.05, 0.1) is 5.56 Å². The molecular weight excluding hydrogens is 272 g/mol. The molecule has 0 amide bonds. The lowest BCUT2D eigenvalue weighted by Gasteiger charge is -2.26. The number of para-hydroxylation sites is 1. The zero-order valence-corrected chi connectivity index (χ0v) is 11.2. The van der Waals surface area contributed by atoms with E-state index in [9.17, 15) is 4.79 Å². The van der Waals surface area contributed by atoms with Crippen LogP contribution in [0.1, 0.15) is 10.4 Å². The van der Waals surface area contributed by atoms with Crippen molar-refractivity contribution < 1.29 is 24.1 Å². The number of carboxylic acid groups (broad SMARTS) is 1. The van der Waals surface area contributed by atoms with Crippen molar-refractivity contribution in [3.8, 4) is 17.2 Å². The molecule has 0 aliphatic carbocycles. The van der Waals surface area contributed by atoms with Crippen LogP contribution in [0.5, 0.6) is 17.2 Å². The predicted octanol–water partition coefficient (Wildman–Crippen LogP) is 2.60. The third-order valence-corrected chi connectivity index (χ3v) is 3.09. The smallest absolute Gasteiger partial charge is 0.335 e. The highest BCUT2D eigenvalue weighted by molar-refractivity contribution is 5.88. The van der Waals surface area contributed by atoms with Crippen molar-refractivity contribution in [1.82, 2.24) is 0 Å². The molecule has 0 saturated carbocycles. The number of rotatable bonds is 4. The number of hydrogen-bond acceptors (Lipinski definition) is 4. The molecule has 1 aliphatic heterocycles. The van der Waals surface area contributed by atoms with Gasteiger partial charge in [0.2, 0.25) is 0 Å². The molecule has 0 unspecified atom stereocenters. The predicted molar refractivity (Wildman–Crippen MR) is 75.2 cm³/mol. The molecule has 108 valence electrons. The van der Waals surface area contributed by atoms with Crippen molar-refractivity contribution in [3.63, 3.8) is 0 Å². The lowest BCUT2D eigenvalue weighted by molar-refractivity contribution is 0.0530. The Balaban J connectivity index is 1.66. The lowest BCUT2D eigenvalue weighted by Crippen LogP contribution is -2.34. The Labute approximate surface area is 121 Å². The monoisotopic (exact) mass is 286 g/mol. The summed E-state index contributed by atoms with van der Waals surface area (Å²) in [6, 6.07) is 14.0. The standard InChI is InChI=1S/C16H14O5/c17-16(18)11-6-7-14-15(8-11)21-13(10-20-14)9-19-12-4-2-1-3-5-12/h1-8,13H,9-10H2,(H,17,18)/t13-/m0/s1. The Hall–Kier alpha value is -2.69. The Morgan fingerprint density at radius 3 is 2.76 bits per heavy atom. The Morgan fingerprint density at radius 2 is 2.00 bits per heavy atom. The van der Waals surface area contributed by atoms with E-state index < -0.39 is 5.97 Å². The number of fused-ring (bicyclic) bond motifs is 1. The molecule has 21 heavy (non-hydrogen) atoms. The van der Waals surface area contributed by atoms with Crippen molar-refractivity contribution in [1.29, 1.82) is 0 Å². The third kappa shape index (κ3) is 3.08. The molecule has 2 aromatic carbocycles. The summed E-state index contributed by atoms with van der Waals surface area (Å²) in [6.45, 7) is 0.701. The van der Waals surface area contributed by atoms with Crippen LogP contribution in [0, 0.1) is 0 Å². The lowest BCUT2D eigenvalue weighted by atomic mass is 10.2. The van der Waals surface area contributed by atoms with Gasteiger partial charge in [-0.25, -0.2) is 4.79 Å². The van der Waals surface area contributed by atoms with Gasteiger partial charge < -0.3 is 19.3 Å². The van der Waals surface area contributed by atoms with Crippen LogP contribution < -0.4 is 14.2 Å². The van der Waals surface area contributed by atoms with E-state index in [1.54, 1.807) is 6.07 Å². The average Bonchev–Trinajstić information content (AvgIpc) is 2.53. The number of carboxylic acids is 1. The Morgan fingerprint density at radius 1 is 1.19 bits per heavy atom. The Bertz CT molecular complexity index is 638. The maximum absolute atomic E-state index is 11.0. The van der Waals surface area contributed by atoms with E-state index in [-0.39, 0.29) is 11.7 Å². The molecular formula is C16H14O5. The van der Waals surface area contributed by atoms with Crippen LogP contribution >= 0.6 is 0 Å². The fourth-order valence-electron chi connectivity index (χ4n) is 2.04. The molecule has 1 aliphatic rings. The SMILES string of the molecule is O=C(O)c1ccc2c(c1)O[C@@H](COc1ccccc1)CO2. The molecule has 0 bridgehead atoms. The van der Waals surface area contributed by atoms with Gasteiger partial charge in [-0.1, -0.05) is 18.2 Å². The highest BCUT2D eigenvalue weighted by Gasteiger charge is 2.22. The molecule has 3 rings (SSSR count). The first-order chi connectivity index (χ1) is 10.2. The van der Waals surface area contributed by atoms with Crippen LogP contribution in [-0.2, 0) is 0 Å². The van der Waals surface area contributed by atoms with Crippen LogP contribution in [0.2, 0.25) is 0 Å². The second-order valence-corrected chi connectivity index (χ2v) is 4.64. The largest absolute Gasteiger partial charge is 0.490 e. The number of aromatic carboxylic acids is 1. The first kappa shape index (κ1) is 13.3. The second kappa shape index (κ2) is 5.75. The van der Waals surface area contributed by atoms with Crippen molar-refractivity contribution in [2.45, 2.75) is 6.10 Å². The fraction of sp³-hybridized carbons (Fsp3) is 0.188. The molecule has 2 aromatic rings. The van der Waals surface area contributed by atoms with Gasteiger partial charge in [0.15, 0.2) is 17.6 Å². The molecule has 5 nitrogen and oxygen atoms in total. The maximum Gasteiger partial charge on any atom is 0.335 e. The summed E-state index contributed by atoms with van der Waals surface area (Å²) < 4.78 is 16.9. The number of benzene rings is 2. The molecule has 1 heterocycles. The van der Waals surface area contributed by atoms with Crippen LogP contribution in [0.3, 0.4) is 0 Å². The van der Waals surface area contributed by atoms with Crippen molar-refractivity contribution in [2.75, 3.05) is 13.2 Å². The zero-order valence-electron chi connectivity index (χ0n) is 11.2. The highest BCUT2D eigenvalue weighted by Crippen LogP contribution is 2.32. The molecule has 0 fully saturated rings. The second-order valence-electron chi connectivity index (χ2n) is 4.64. The van der Waals surface area contributed by atoms with Crippen molar-refractivity contribution in [3.05, 3.63) is 54.1 Å².